The number of rotatable bonds is 11. The number of primary amides is 1. The van der Waals surface area contributed by atoms with Crippen LogP contribution < -0.4 is 24.8 Å². The van der Waals surface area contributed by atoms with E-state index in [1.54, 1.807) is 25.3 Å². The number of nitrogens with zero attached hydrogens (tertiary/aromatic N) is 2. The fourth-order valence-corrected chi connectivity index (χ4v) is 3.96. The highest BCUT2D eigenvalue weighted by Crippen LogP contribution is 2.34. The van der Waals surface area contributed by atoms with Crippen LogP contribution in [0.3, 0.4) is 0 Å². The van der Waals surface area contributed by atoms with E-state index in [0.29, 0.717) is 35.1 Å². The molecule has 2 aromatic carbocycles. The highest BCUT2D eigenvalue weighted by atomic mass is 19.1. The number of nitrogens with two attached hydrogens (primary N) is 1. The predicted molar refractivity (Wildman–Crippen MR) is 127 cm³/mol. The second-order valence-corrected chi connectivity index (χ2v) is 8.22. The standard InChI is InChI=1S/C25H32FN3O5/c1-4-5-6-11-34-23-13-20(8-10-22(23)33-3)29-16-18(24(27)30)15-28(25(29)31)14-17-12-19(26)7-9-21(17)32-2/h7-10,12-13,18H,4-6,11,14-16H2,1-3H3,(H2,27,30)/t18-/m1/s1. The van der Waals surface area contributed by atoms with Gasteiger partial charge in [-0.25, -0.2) is 9.18 Å². The minimum Gasteiger partial charge on any atom is -0.496 e. The van der Waals surface area contributed by atoms with Gasteiger partial charge < -0.3 is 24.8 Å². The number of amides is 3. The van der Waals surface area contributed by atoms with E-state index in [1.165, 1.54) is 35.1 Å². The molecular weight excluding hydrogens is 441 g/mol. The number of hydrogen-bond donors (Lipinski definition) is 1. The van der Waals surface area contributed by atoms with E-state index in [2.05, 4.69) is 6.92 Å². The summed E-state index contributed by atoms with van der Waals surface area (Å²) < 4.78 is 30.5. The molecule has 0 radical (unpaired) electrons. The van der Waals surface area contributed by atoms with Crippen molar-refractivity contribution in [2.75, 3.05) is 38.8 Å². The Balaban J connectivity index is 1.89. The molecule has 3 rings (SSSR count). The first-order valence-electron chi connectivity index (χ1n) is 11.4. The van der Waals surface area contributed by atoms with Crippen LogP contribution in [0.25, 0.3) is 0 Å². The number of carbonyl (C=O) groups is 2. The summed E-state index contributed by atoms with van der Waals surface area (Å²) in [6, 6.07) is 8.98. The molecule has 9 heteroatoms. The minimum atomic E-state index is -0.603. The van der Waals surface area contributed by atoms with E-state index >= 15 is 0 Å². The third-order valence-corrected chi connectivity index (χ3v) is 5.82. The third-order valence-electron chi connectivity index (χ3n) is 5.82. The molecule has 1 fully saturated rings. The maximum Gasteiger partial charge on any atom is 0.324 e. The van der Waals surface area contributed by atoms with E-state index in [1.807, 2.05) is 0 Å². The first kappa shape index (κ1) is 25.1. The molecule has 0 unspecified atom stereocenters. The highest BCUT2D eigenvalue weighted by Gasteiger charge is 2.36. The SMILES string of the molecule is CCCCCOc1cc(N2C[C@H](C(N)=O)CN(Cc3cc(F)ccc3OC)C2=O)ccc1OC. The molecule has 0 aromatic heterocycles. The van der Waals surface area contributed by atoms with Crippen LogP contribution in [0.15, 0.2) is 36.4 Å². The van der Waals surface area contributed by atoms with Gasteiger partial charge in [-0.3, -0.25) is 9.69 Å². The Morgan fingerprint density at radius 1 is 1.06 bits per heavy atom. The summed E-state index contributed by atoms with van der Waals surface area (Å²) in [7, 11) is 3.03. The molecule has 2 N–H and O–H groups in total. The maximum absolute atomic E-state index is 13.9. The zero-order chi connectivity index (χ0) is 24.7. The van der Waals surface area contributed by atoms with E-state index in [9.17, 15) is 14.0 Å². The Labute approximate surface area is 199 Å². The van der Waals surface area contributed by atoms with Gasteiger partial charge in [0.15, 0.2) is 11.5 Å². The normalized spacial score (nSPS) is 15.9. The van der Waals surface area contributed by atoms with Gasteiger partial charge in [-0.2, -0.15) is 0 Å². The van der Waals surface area contributed by atoms with Gasteiger partial charge >= 0.3 is 6.03 Å². The predicted octanol–water partition coefficient (Wildman–Crippen LogP) is 3.96. The van der Waals surface area contributed by atoms with Crippen molar-refractivity contribution < 1.29 is 28.2 Å². The first-order chi connectivity index (χ1) is 16.4. The van der Waals surface area contributed by atoms with Crippen LogP contribution in [-0.4, -0.2) is 50.8 Å². The second-order valence-electron chi connectivity index (χ2n) is 8.22. The summed E-state index contributed by atoms with van der Waals surface area (Å²) in [5.74, 6) is -0.0368. The van der Waals surface area contributed by atoms with Crippen molar-refractivity contribution in [1.29, 1.82) is 0 Å². The molecule has 0 spiro atoms. The molecular formula is C25H32FN3O5. The van der Waals surface area contributed by atoms with Crippen LogP contribution in [-0.2, 0) is 11.3 Å². The number of urea groups is 1. The molecule has 0 aliphatic carbocycles. The molecule has 1 aliphatic rings. The lowest BCUT2D eigenvalue weighted by molar-refractivity contribution is -0.122. The smallest absolute Gasteiger partial charge is 0.324 e. The van der Waals surface area contributed by atoms with Crippen molar-refractivity contribution in [2.45, 2.75) is 32.7 Å². The topological polar surface area (TPSA) is 94.3 Å². The molecule has 0 saturated carbocycles. The van der Waals surface area contributed by atoms with Gasteiger partial charge in [-0.1, -0.05) is 19.8 Å². The van der Waals surface area contributed by atoms with Crippen molar-refractivity contribution in [3.05, 3.63) is 47.8 Å². The van der Waals surface area contributed by atoms with Crippen molar-refractivity contribution in [1.82, 2.24) is 4.90 Å². The number of methoxy groups -OCH3 is 2. The molecule has 0 bridgehead atoms. The molecule has 1 saturated heterocycles. The molecule has 3 amide bonds. The van der Waals surface area contributed by atoms with Crippen molar-refractivity contribution >= 4 is 17.6 Å². The Morgan fingerprint density at radius 3 is 2.47 bits per heavy atom. The summed E-state index contributed by atoms with van der Waals surface area (Å²) in [4.78, 5) is 28.5. The number of hydrogen-bond acceptors (Lipinski definition) is 5. The van der Waals surface area contributed by atoms with Gasteiger partial charge in [0, 0.05) is 30.4 Å². The average molecular weight is 474 g/mol. The summed E-state index contributed by atoms with van der Waals surface area (Å²) in [6.07, 6.45) is 3.02. The van der Waals surface area contributed by atoms with E-state index in [0.717, 1.165) is 19.3 Å². The van der Waals surface area contributed by atoms with E-state index in [-0.39, 0.29) is 25.7 Å². The van der Waals surface area contributed by atoms with Gasteiger partial charge in [-0.05, 0) is 36.8 Å². The molecule has 34 heavy (non-hydrogen) atoms. The Kier molecular flexibility index (Phi) is 8.56. The van der Waals surface area contributed by atoms with E-state index < -0.39 is 17.6 Å². The number of halogens is 1. The van der Waals surface area contributed by atoms with E-state index in [4.69, 9.17) is 19.9 Å². The lowest BCUT2D eigenvalue weighted by atomic mass is 10.0. The van der Waals surface area contributed by atoms with Crippen molar-refractivity contribution in [3.63, 3.8) is 0 Å². The quantitative estimate of drug-likeness (QED) is 0.499. The van der Waals surface area contributed by atoms with Crippen LogP contribution in [0.2, 0.25) is 0 Å². The minimum absolute atomic E-state index is 0.0660. The summed E-state index contributed by atoms with van der Waals surface area (Å²) in [5, 5.41) is 0. The largest absolute Gasteiger partial charge is 0.496 e. The molecule has 1 atom stereocenters. The van der Waals surface area contributed by atoms with Gasteiger partial charge in [-0.15, -0.1) is 0 Å². The van der Waals surface area contributed by atoms with Crippen LogP contribution in [0.4, 0.5) is 14.9 Å². The highest BCUT2D eigenvalue weighted by molar-refractivity contribution is 5.95. The van der Waals surface area contributed by atoms with Gasteiger partial charge in [0.05, 0.1) is 33.3 Å². The molecule has 1 aliphatic heterocycles. The Bertz CT molecular complexity index is 1020. The monoisotopic (exact) mass is 473 g/mol. The Morgan fingerprint density at radius 2 is 1.79 bits per heavy atom. The fourth-order valence-electron chi connectivity index (χ4n) is 3.96. The summed E-state index contributed by atoms with van der Waals surface area (Å²) >= 11 is 0. The molecule has 184 valence electrons. The third kappa shape index (κ3) is 5.89. The lowest BCUT2D eigenvalue weighted by Gasteiger charge is -2.39. The number of anilines is 1. The lowest BCUT2D eigenvalue weighted by Crippen LogP contribution is -2.56. The van der Waals surface area contributed by atoms with Crippen LogP contribution in [0.1, 0.15) is 31.7 Å². The zero-order valence-electron chi connectivity index (χ0n) is 19.9. The van der Waals surface area contributed by atoms with Crippen molar-refractivity contribution in [2.24, 2.45) is 11.7 Å². The van der Waals surface area contributed by atoms with Gasteiger partial charge in [0.1, 0.15) is 11.6 Å². The summed E-state index contributed by atoms with van der Waals surface area (Å²) in [5.41, 5.74) is 6.68. The molecule has 1 heterocycles. The van der Waals surface area contributed by atoms with Crippen molar-refractivity contribution in [3.8, 4) is 17.2 Å². The molecule has 2 aromatic rings. The fraction of sp³-hybridized carbons (Fsp3) is 0.440. The second kappa shape index (κ2) is 11.6. The number of benzene rings is 2. The first-order valence-corrected chi connectivity index (χ1v) is 11.4. The Hall–Kier alpha value is -3.49. The maximum atomic E-state index is 13.9. The average Bonchev–Trinajstić information content (AvgIpc) is 2.83. The van der Waals surface area contributed by atoms with Crippen LogP contribution >= 0.6 is 0 Å². The number of unbranched alkanes of at least 4 members (excludes halogenated alkanes) is 2. The van der Waals surface area contributed by atoms with Crippen LogP contribution in [0, 0.1) is 11.7 Å². The zero-order valence-corrected chi connectivity index (χ0v) is 19.9. The van der Waals surface area contributed by atoms with Gasteiger partial charge in [0.2, 0.25) is 5.91 Å². The summed E-state index contributed by atoms with van der Waals surface area (Å²) in [6.45, 7) is 2.96. The van der Waals surface area contributed by atoms with Crippen LogP contribution in [0.5, 0.6) is 17.2 Å². The number of ether oxygens (including phenoxy) is 3. The number of carbonyl (C=O) groups excluding carboxylic acids is 2. The molecule has 8 nitrogen and oxygen atoms in total. The van der Waals surface area contributed by atoms with Gasteiger partial charge in [0.25, 0.3) is 0 Å².